The van der Waals surface area contributed by atoms with Gasteiger partial charge in [0.2, 0.25) is 0 Å². The molecular formula is C22H15Cl4N3O3. The first-order valence-electron chi connectivity index (χ1n) is 9.09. The standard InChI is InChI=1S/C22H15Cl4N3O3/c23-14-8-9-20(32-12-15-16(24)5-3-6-17(15)25)13(10-14)11-27-29-22(31)21(30)28-19-7-2-1-4-18(19)26/h1-11H,12H2,(H,28,30)(H,29,31)/b27-11-. The van der Waals surface area contributed by atoms with Gasteiger partial charge in [-0.25, -0.2) is 5.43 Å². The molecule has 0 radical (unpaired) electrons. The number of nitrogens with one attached hydrogen (secondary N) is 2. The number of halogens is 4. The minimum Gasteiger partial charge on any atom is -0.488 e. The second kappa shape index (κ2) is 11.2. The summed E-state index contributed by atoms with van der Waals surface area (Å²) in [5.41, 5.74) is 3.54. The van der Waals surface area contributed by atoms with Crippen molar-refractivity contribution in [3.8, 4) is 5.75 Å². The SMILES string of the molecule is O=C(N/N=C\c1cc(Cl)ccc1OCc1c(Cl)cccc1Cl)C(=O)Nc1ccccc1Cl. The van der Waals surface area contributed by atoms with Gasteiger partial charge in [-0.3, -0.25) is 9.59 Å². The van der Waals surface area contributed by atoms with E-state index in [9.17, 15) is 9.59 Å². The predicted molar refractivity (Wildman–Crippen MR) is 128 cm³/mol. The third-order valence-corrected chi connectivity index (χ3v) is 5.38. The van der Waals surface area contributed by atoms with Gasteiger partial charge in [-0.15, -0.1) is 0 Å². The third kappa shape index (κ3) is 6.37. The molecule has 3 aromatic carbocycles. The second-order valence-corrected chi connectivity index (χ2v) is 7.96. The van der Waals surface area contributed by atoms with Crippen LogP contribution in [0.2, 0.25) is 20.1 Å². The van der Waals surface area contributed by atoms with E-state index in [1.165, 1.54) is 6.21 Å². The van der Waals surface area contributed by atoms with Gasteiger partial charge in [-0.2, -0.15) is 5.10 Å². The number of carbonyl (C=O) groups excluding carboxylic acids is 2. The summed E-state index contributed by atoms with van der Waals surface area (Å²) in [7, 11) is 0. The van der Waals surface area contributed by atoms with Crippen LogP contribution in [-0.4, -0.2) is 18.0 Å². The number of rotatable bonds is 6. The van der Waals surface area contributed by atoms with Crippen molar-refractivity contribution in [2.75, 3.05) is 5.32 Å². The molecule has 0 aliphatic rings. The summed E-state index contributed by atoms with van der Waals surface area (Å²) in [5, 5.41) is 7.88. The molecule has 0 aliphatic carbocycles. The van der Waals surface area contributed by atoms with Gasteiger partial charge in [0.1, 0.15) is 12.4 Å². The summed E-state index contributed by atoms with van der Waals surface area (Å²) in [6.07, 6.45) is 1.30. The molecule has 2 N–H and O–H groups in total. The predicted octanol–water partition coefficient (Wildman–Crippen LogP) is 5.97. The fourth-order valence-electron chi connectivity index (χ4n) is 2.52. The Kier molecular flexibility index (Phi) is 8.36. The van der Waals surface area contributed by atoms with Crippen LogP contribution < -0.4 is 15.5 Å². The van der Waals surface area contributed by atoms with Gasteiger partial charge in [0.05, 0.1) is 16.9 Å². The molecular weight excluding hydrogens is 496 g/mol. The van der Waals surface area contributed by atoms with Crippen molar-refractivity contribution in [3.05, 3.63) is 91.9 Å². The van der Waals surface area contributed by atoms with Crippen LogP contribution in [0, 0.1) is 0 Å². The van der Waals surface area contributed by atoms with Crippen LogP contribution in [0.15, 0.2) is 65.8 Å². The highest BCUT2D eigenvalue weighted by molar-refractivity contribution is 6.41. The van der Waals surface area contributed by atoms with Crippen molar-refractivity contribution in [1.82, 2.24) is 5.43 Å². The molecule has 0 aromatic heterocycles. The van der Waals surface area contributed by atoms with Crippen molar-refractivity contribution < 1.29 is 14.3 Å². The Morgan fingerprint density at radius 1 is 0.875 bits per heavy atom. The number of nitrogens with zero attached hydrogens (tertiary/aromatic N) is 1. The Bertz CT molecular complexity index is 1160. The first-order valence-corrected chi connectivity index (χ1v) is 10.6. The Labute approximate surface area is 204 Å². The molecule has 0 spiro atoms. The van der Waals surface area contributed by atoms with Gasteiger partial charge in [0.15, 0.2) is 0 Å². The Morgan fingerprint density at radius 2 is 1.56 bits per heavy atom. The third-order valence-electron chi connectivity index (χ3n) is 4.10. The topological polar surface area (TPSA) is 79.8 Å². The van der Waals surface area contributed by atoms with E-state index in [2.05, 4.69) is 15.8 Å². The summed E-state index contributed by atoms with van der Waals surface area (Å²) >= 11 is 24.4. The van der Waals surface area contributed by atoms with E-state index >= 15 is 0 Å². The van der Waals surface area contributed by atoms with Gasteiger partial charge in [-0.05, 0) is 42.5 Å². The molecule has 164 valence electrons. The molecule has 0 aliphatic heterocycles. The lowest BCUT2D eigenvalue weighted by atomic mass is 10.2. The van der Waals surface area contributed by atoms with E-state index < -0.39 is 11.8 Å². The molecule has 0 unspecified atom stereocenters. The number of hydrogen-bond acceptors (Lipinski definition) is 4. The van der Waals surface area contributed by atoms with Crippen LogP contribution in [0.25, 0.3) is 0 Å². The summed E-state index contributed by atoms with van der Waals surface area (Å²) in [6, 6.07) is 16.5. The van der Waals surface area contributed by atoms with E-state index in [4.69, 9.17) is 51.1 Å². The molecule has 0 fully saturated rings. The highest BCUT2D eigenvalue weighted by Crippen LogP contribution is 2.28. The van der Waals surface area contributed by atoms with Crippen molar-refractivity contribution in [1.29, 1.82) is 0 Å². The highest BCUT2D eigenvalue weighted by atomic mass is 35.5. The maximum atomic E-state index is 12.0. The van der Waals surface area contributed by atoms with E-state index in [1.807, 2.05) is 0 Å². The molecule has 32 heavy (non-hydrogen) atoms. The number of ether oxygens (including phenoxy) is 1. The fourth-order valence-corrected chi connectivity index (χ4v) is 3.39. The maximum absolute atomic E-state index is 12.0. The van der Waals surface area contributed by atoms with E-state index in [1.54, 1.807) is 60.7 Å². The molecule has 2 amide bonds. The number of benzene rings is 3. The van der Waals surface area contributed by atoms with Crippen LogP contribution in [0.5, 0.6) is 5.75 Å². The van der Waals surface area contributed by atoms with Crippen LogP contribution in [0.1, 0.15) is 11.1 Å². The largest absolute Gasteiger partial charge is 0.488 e. The molecule has 0 atom stereocenters. The molecule has 0 saturated heterocycles. The van der Waals surface area contributed by atoms with Gasteiger partial charge >= 0.3 is 11.8 Å². The summed E-state index contributed by atoms with van der Waals surface area (Å²) < 4.78 is 5.81. The van der Waals surface area contributed by atoms with Crippen molar-refractivity contribution in [2.24, 2.45) is 5.10 Å². The van der Waals surface area contributed by atoms with Crippen LogP contribution in [-0.2, 0) is 16.2 Å². The van der Waals surface area contributed by atoms with E-state index in [0.29, 0.717) is 42.7 Å². The molecule has 0 heterocycles. The maximum Gasteiger partial charge on any atom is 0.329 e. The van der Waals surface area contributed by atoms with Gasteiger partial charge in [0.25, 0.3) is 0 Å². The first kappa shape index (κ1) is 23.9. The average Bonchev–Trinajstić information content (AvgIpc) is 2.76. The molecule has 6 nitrogen and oxygen atoms in total. The molecule has 0 saturated carbocycles. The quantitative estimate of drug-likeness (QED) is 0.243. The Hall–Kier alpha value is -2.77. The van der Waals surface area contributed by atoms with E-state index in [0.717, 1.165) is 0 Å². The zero-order chi connectivity index (χ0) is 23.1. The number of carbonyl (C=O) groups is 2. The van der Waals surface area contributed by atoms with Crippen LogP contribution in [0.4, 0.5) is 5.69 Å². The number of anilines is 1. The average molecular weight is 511 g/mol. The second-order valence-electron chi connectivity index (χ2n) is 6.30. The summed E-state index contributed by atoms with van der Waals surface area (Å²) in [5.74, 6) is -1.48. The lowest BCUT2D eigenvalue weighted by Crippen LogP contribution is -2.32. The van der Waals surface area contributed by atoms with Crippen molar-refractivity contribution in [3.63, 3.8) is 0 Å². The minimum absolute atomic E-state index is 0.105. The Balaban J connectivity index is 1.66. The Morgan fingerprint density at radius 3 is 2.28 bits per heavy atom. The normalized spacial score (nSPS) is 10.8. The fraction of sp³-hybridized carbons (Fsp3) is 0.0455. The van der Waals surface area contributed by atoms with Gasteiger partial charge < -0.3 is 10.1 Å². The number of hydrogen-bond donors (Lipinski definition) is 2. The molecule has 3 rings (SSSR count). The van der Waals surface area contributed by atoms with Crippen LogP contribution >= 0.6 is 46.4 Å². The van der Waals surface area contributed by atoms with Gasteiger partial charge in [-0.1, -0.05) is 64.6 Å². The van der Waals surface area contributed by atoms with Gasteiger partial charge in [0, 0.05) is 26.2 Å². The zero-order valence-corrected chi connectivity index (χ0v) is 19.3. The molecule has 3 aromatic rings. The molecule has 10 heteroatoms. The van der Waals surface area contributed by atoms with Crippen LogP contribution in [0.3, 0.4) is 0 Å². The van der Waals surface area contributed by atoms with Crippen molar-refractivity contribution >= 4 is 70.1 Å². The zero-order valence-electron chi connectivity index (χ0n) is 16.2. The minimum atomic E-state index is -0.978. The lowest BCUT2D eigenvalue weighted by molar-refractivity contribution is -0.136. The number of amides is 2. The first-order chi connectivity index (χ1) is 15.3. The van der Waals surface area contributed by atoms with E-state index in [-0.39, 0.29) is 6.61 Å². The summed E-state index contributed by atoms with van der Waals surface area (Å²) in [6.45, 7) is 0.105. The summed E-state index contributed by atoms with van der Waals surface area (Å²) in [4.78, 5) is 24.0. The highest BCUT2D eigenvalue weighted by Gasteiger charge is 2.14. The smallest absolute Gasteiger partial charge is 0.329 e. The number of hydrazone groups is 1. The van der Waals surface area contributed by atoms with Crippen molar-refractivity contribution in [2.45, 2.75) is 6.61 Å². The monoisotopic (exact) mass is 509 g/mol. The molecule has 0 bridgehead atoms. The number of para-hydroxylation sites is 1. The lowest BCUT2D eigenvalue weighted by Gasteiger charge is -2.12.